The highest BCUT2D eigenvalue weighted by Crippen LogP contribution is 2.29. The van der Waals surface area contributed by atoms with Crippen LogP contribution in [0.15, 0.2) is 35.6 Å². The molecule has 1 aromatic heterocycles. The van der Waals surface area contributed by atoms with E-state index >= 15 is 0 Å². The van der Waals surface area contributed by atoms with Crippen molar-refractivity contribution in [3.05, 3.63) is 36.0 Å². The van der Waals surface area contributed by atoms with Gasteiger partial charge in [-0.05, 0) is 43.0 Å². The van der Waals surface area contributed by atoms with Gasteiger partial charge in [-0.2, -0.15) is 0 Å². The van der Waals surface area contributed by atoms with E-state index in [0.29, 0.717) is 0 Å². The van der Waals surface area contributed by atoms with Crippen LogP contribution >= 0.6 is 0 Å². The van der Waals surface area contributed by atoms with E-state index in [0.717, 1.165) is 23.4 Å². The minimum absolute atomic E-state index is 0.156. The van der Waals surface area contributed by atoms with Crippen molar-refractivity contribution >= 4 is 16.7 Å². The number of nitrogens with zero attached hydrogens (tertiary/aromatic N) is 2. The second kappa shape index (κ2) is 4.37. The highest BCUT2D eigenvalue weighted by molar-refractivity contribution is 6.00. The Morgan fingerprint density at radius 1 is 1.39 bits per heavy atom. The standard InChI is InChI=1S/C14H17N3O/c15-14(16-18)12-4-5-13-11(8-12)6-7-17(13)9-10-2-1-3-10/h4-8,10,18H,1-3,9H2,(H2,15,16). The monoisotopic (exact) mass is 243 g/mol. The predicted octanol–water partition coefficient (Wildman–Crippen LogP) is 2.54. The van der Waals surface area contributed by atoms with Crippen LogP contribution in [-0.2, 0) is 6.54 Å². The number of amidine groups is 1. The van der Waals surface area contributed by atoms with E-state index in [1.165, 1.54) is 24.8 Å². The van der Waals surface area contributed by atoms with Gasteiger partial charge in [0.2, 0.25) is 0 Å². The molecule has 0 unspecified atom stereocenters. The Bertz CT molecular complexity index is 596. The van der Waals surface area contributed by atoms with E-state index in [1.807, 2.05) is 18.2 Å². The van der Waals surface area contributed by atoms with Crippen LogP contribution in [0.25, 0.3) is 10.9 Å². The van der Waals surface area contributed by atoms with Crippen LogP contribution in [0.2, 0.25) is 0 Å². The molecule has 4 heteroatoms. The lowest BCUT2D eigenvalue weighted by molar-refractivity contribution is 0.280. The van der Waals surface area contributed by atoms with Gasteiger partial charge < -0.3 is 15.5 Å². The molecule has 0 saturated heterocycles. The average molecular weight is 243 g/mol. The summed E-state index contributed by atoms with van der Waals surface area (Å²) in [7, 11) is 0. The molecule has 0 amide bonds. The molecule has 1 heterocycles. The Morgan fingerprint density at radius 2 is 2.22 bits per heavy atom. The fourth-order valence-electron chi connectivity index (χ4n) is 2.53. The first kappa shape index (κ1) is 11.1. The van der Waals surface area contributed by atoms with Gasteiger partial charge in [-0.3, -0.25) is 0 Å². The third kappa shape index (κ3) is 1.83. The molecule has 1 saturated carbocycles. The van der Waals surface area contributed by atoms with Crippen LogP contribution in [-0.4, -0.2) is 15.6 Å². The first-order valence-corrected chi connectivity index (χ1v) is 6.35. The fraction of sp³-hybridized carbons (Fsp3) is 0.357. The normalized spacial score (nSPS) is 17.0. The lowest BCUT2D eigenvalue weighted by Gasteiger charge is -2.26. The number of rotatable bonds is 3. The minimum Gasteiger partial charge on any atom is -0.409 e. The van der Waals surface area contributed by atoms with E-state index < -0.39 is 0 Å². The van der Waals surface area contributed by atoms with Gasteiger partial charge in [-0.25, -0.2) is 0 Å². The Morgan fingerprint density at radius 3 is 2.89 bits per heavy atom. The molecular weight excluding hydrogens is 226 g/mol. The Hall–Kier alpha value is -1.97. The van der Waals surface area contributed by atoms with Crippen molar-refractivity contribution in [1.29, 1.82) is 0 Å². The molecule has 2 aromatic rings. The SMILES string of the molecule is N/C(=N/O)c1ccc2c(ccn2CC2CCC2)c1. The summed E-state index contributed by atoms with van der Waals surface area (Å²) in [5.74, 6) is 0.994. The smallest absolute Gasteiger partial charge is 0.170 e. The van der Waals surface area contributed by atoms with Crippen LogP contribution in [0.1, 0.15) is 24.8 Å². The molecule has 0 radical (unpaired) electrons. The van der Waals surface area contributed by atoms with Crippen LogP contribution in [0.4, 0.5) is 0 Å². The zero-order valence-electron chi connectivity index (χ0n) is 10.2. The quantitative estimate of drug-likeness (QED) is 0.376. The number of oxime groups is 1. The molecule has 0 spiro atoms. The molecule has 18 heavy (non-hydrogen) atoms. The van der Waals surface area contributed by atoms with Gasteiger partial charge in [0.15, 0.2) is 5.84 Å². The second-order valence-corrected chi connectivity index (χ2v) is 5.02. The predicted molar refractivity (Wildman–Crippen MR) is 71.8 cm³/mol. The van der Waals surface area contributed by atoms with E-state index in [9.17, 15) is 0 Å². The van der Waals surface area contributed by atoms with Crippen LogP contribution in [0, 0.1) is 5.92 Å². The number of hydrogen-bond donors (Lipinski definition) is 2. The first-order chi connectivity index (χ1) is 8.78. The average Bonchev–Trinajstić information content (AvgIpc) is 2.75. The lowest BCUT2D eigenvalue weighted by atomic mass is 9.85. The fourth-order valence-corrected chi connectivity index (χ4v) is 2.53. The largest absolute Gasteiger partial charge is 0.409 e. The number of benzene rings is 1. The highest BCUT2D eigenvalue weighted by Gasteiger charge is 2.18. The second-order valence-electron chi connectivity index (χ2n) is 5.02. The van der Waals surface area contributed by atoms with Gasteiger partial charge in [0.1, 0.15) is 0 Å². The van der Waals surface area contributed by atoms with Crippen molar-refractivity contribution in [3.63, 3.8) is 0 Å². The lowest BCUT2D eigenvalue weighted by Crippen LogP contribution is -2.17. The van der Waals surface area contributed by atoms with Crippen molar-refractivity contribution in [2.75, 3.05) is 0 Å². The molecule has 1 fully saturated rings. The summed E-state index contributed by atoms with van der Waals surface area (Å²) in [5, 5.41) is 12.8. The summed E-state index contributed by atoms with van der Waals surface area (Å²) < 4.78 is 2.30. The molecule has 94 valence electrons. The summed E-state index contributed by atoms with van der Waals surface area (Å²) in [5.41, 5.74) is 7.57. The molecule has 1 aliphatic rings. The molecule has 0 bridgehead atoms. The minimum atomic E-state index is 0.156. The maximum atomic E-state index is 8.68. The van der Waals surface area contributed by atoms with Crippen molar-refractivity contribution in [3.8, 4) is 0 Å². The maximum absolute atomic E-state index is 8.68. The van der Waals surface area contributed by atoms with Gasteiger partial charge in [-0.15, -0.1) is 0 Å². The Kier molecular flexibility index (Phi) is 2.70. The number of nitrogens with two attached hydrogens (primary N) is 1. The van der Waals surface area contributed by atoms with E-state index in [-0.39, 0.29) is 5.84 Å². The third-order valence-corrected chi connectivity index (χ3v) is 3.85. The molecule has 4 nitrogen and oxygen atoms in total. The number of hydrogen-bond acceptors (Lipinski definition) is 2. The zero-order valence-corrected chi connectivity index (χ0v) is 10.2. The van der Waals surface area contributed by atoms with Gasteiger partial charge in [0.05, 0.1) is 0 Å². The summed E-state index contributed by atoms with van der Waals surface area (Å²) in [4.78, 5) is 0. The third-order valence-electron chi connectivity index (χ3n) is 3.85. The van der Waals surface area contributed by atoms with Crippen LogP contribution < -0.4 is 5.73 Å². The summed E-state index contributed by atoms with van der Waals surface area (Å²) in [6.07, 6.45) is 6.19. The summed E-state index contributed by atoms with van der Waals surface area (Å²) in [6, 6.07) is 7.99. The number of aromatic nitrogens is 1. The van der Waals surface area contributed by atoms with Gasteiger partial charge in [0.25, 0.3) is 0 Å². The molecule has 3 N–H and O–H groups in total. The van der Waals surface area contributed by atoms with Crippen molar-refractivity contribution < 1.29 is 5.21 Å². The maximum Gasteiger partial charge on any atom is 0.170 e. The van der Waals surface area contributed by atoms with Crippen molar-refractivity contribution in [1.82, 2.24) is 4.57 Å². The van der Waals surface area contributed by atoms with E-state index in [2.05, 4.69) is 22.0 Å². The van der Waals surface area contributed by atoms with Gasteiger partial charge in [0, 0.05) is 29.2 Å². The molecule has 3 rings (SSSR count). The first-order valence-electron chi connectivity index (χ1n) is 6.35. The summed E-state index contributed by atoms with van der Waals surface area (Å²) >= 11 is 0. The highest BCUT2D eigenvalue weighted by atomic mass is 16.4. The molecule has 0 aliphatic heterocycles. The molecule has 1 aromatic carbocycles. The van der Waals surface area contributed by atoms with Gasteiger partial charge >= 0.3 is 0 Å². The van der Waals surface area contributed by atoms with Crippen molar-refractivity contribution in [2.24, 2.45) is 16.8 Å². The Balaban J connectivity index is 1.94. The molecule has 1 aliphatic carbocycles. The van der Waals surface area contributed by atoms with Crippen LogP contribution in [0.3, 0.4) is 0 Å². The zero-order chi connectivity index (χ0) is 12.5. The topological polar surface area (TPSA) is 63.5 Å². The summed E-state index contributed by atoms with van der Waals surface area (Å²) in [6.45, 7) is 1.10. The number of fused-ring (bicyclic) bond motifs is 1. The van der Waals surface area contributed by atoms with Crippen molar-refractivity contribution in [2.45, 2.75) is 25.8 Å². The van der Waals surface area contributed by atoms with Gasteiger partial charge in [-0.1, -0.05) is 11.6 Å². The molecule has 0 atom stereocenters. The van der Waals surface area contributed by atoms with Crippen LogP contribution in [0.5, 0.6) is 0 Å². The Labute approximate surface area is 106 Å². The molecular formula is C14H17N3O. The van der Waals surface area contributed by atoms with E-state index in [4.69, 9.17) is 10.9 Å². The van der Waals surface area contributed by atoms with E-state index in [1.54, 1.807) is 0 Å².